The summed E-state index contributed by atoms with van der Waals surface area (Å²) in [7, 11) is -3.32. The monoisotopic (exact) mass is 580 g/mol. The van der Waals surface area contributed by atoms with Crippen LogP contribution in [0.25, 0.3) is 0 Å². The molecular formula is C31H37FN4O4S. The fourth-order valence-corrected chi connectivity index (χ4v) is 5.77. The number of hydrogen-bond donors (Lipinski definition) is 2. The largest absolute Gasteiger partial charge is 0.457 e. The second kappa shape index (κ2) is 12.9. The molecule has 218 valence electrons. The average molecular weight is 581 g/mol. The first kappa shape index (κ1) is 28.9. The summed E-state index contributed by atoms with van der Waals surface area (Å²) in [6, 6.07) is 20.9. The van der Waals surface area contributed by atoms with E-state index in [9.17, 15) is 17.6 Å². The average Bonchev–Trinajstić information content (AvgIpc) is 2.91. The fourth-order valence-electron chi connectivity index (χ4n) is 5.21. The lowest BCUT2D eigenvalue weighted by molar-refractivity contribution is 0.187. The van der Waals surface area contributed by atoms with E-state index >= 15 is 0 Å². The molecule has 0 unspecified atom stereocenters. The standard InChI is InChI=1S/C31H37FN4O4S/c1-41(38,39)34-27-9-15-30(16-10-27)40-29-13-5-24(6-14-29)21-35-19-17-26(18-20-35)33-31(37)36(22-23-3-2-4-23)28-11-7-25(32)8-12-28/h5-16,23,26,34H,2-4,17-22H2,1H3,(H,33,37). The molecule has 0 aromatic heterocycles. The third-order valence-corrected chi connectivity index (χ3v) is 8.29. The van der Waals surface area contributed by atoms with Gasteiger partial charge in [-0.25, -0.2) is 17.6 Å². The smallest absolute Gasteiger partial charge is 0.322 e. The molecule has 2 fully saturated rings. The third-order valence-electron chi connectivity index (χ3n) is 7.69. The van der Waals surface area contributed by atoms with Crippen LogP contribution in [0.2, 0.25) is 0 Å². The molecule has 0 atom stereocenters. The van der Waals surface area contributed by atoms with Crippen LogP contribution in [-0.4, -0.2) is 51.3 Å². The molecule has 0 radical (unpaired) electrons. The van der Waals surface area contributed by atoms with E-state index in [0.29, 0.717) is 29.6 Å². The van der Waals surface area contributed by atoms with Crippen molar-refractivity contribution in [3.05, 3.63) is 84.2 Å². The second-order valence-corrected chi connectivity index (χ2v) is 12.8. The molecule has 1 saturated heterocycles. The first-order valence-corrected chi connectivity index (χ1v) is 16.0. The molecule has 10 heteroatoms. The van der Waals surface area contributed by atoms with Gasteiger partial charge in [-0.3, -0.25) is 14.5 Å². The first-order valence-electron chi connectivity index (χ1n) is 14.1. The van der Waals surface area contributed by atoms with E-state index in [-0.39, 0.29) is 17.9 Å². The van der Waals surface area contributed by atoms with Crippen molar-refractivity contribution in [3.63, 3.8) is 0 Å². The second-order valence-electron chi connectivity index (χ2n) is 11.0. The van der Waals surface area contributed by atoms with Crippen molar-refractivity contribution in [1.82, 2.24) is 10.2 Å². The van der Waals surface area contributed by atoms with Crippen LogP contribution in [0.1, 0.15) is 37.7 Å². The van der Waals surface area contributed by atoms with Crippen LogP contribution in [0.5, 0.6) is 11.5 Å². The van der Waals surface area contributed by atoms with Gasteiger partial charge in [-0.1, -0.05) is 18.6 Å². The van der Waals surface area contributed by atoms with E-state index in [1.807, 2.05) is 24.3 Å². The van der Waals surface area contributed by atoms with Crippen LogP contribution in [0.15, 0.2) is 72.8 Å². The lowest BCUT2D eigenvalue weighted by Gasteiger charge is -2.36. The summed E-state index contributed by atoms with van der Waals surface area (Å²) in [6.45, 7) is 3.25. The zero-order valence-electron chi connectivity index (χ0n) is 23.3. The number of nitrogens with one attached hydrogen (secondary N) is 2. The number of piperidine rings is 1. The fraction of sp³-hybridized carbons (Fsp3) is 0.387. The minimum Gasteiger partial charge on any atom is -0.457 e. The van der Waals surface area contributed by atoms with Crippen molar-refractivity contribution in [3.8, 4) is 11.5 Å². The van der Waals surface area contributed by atoms with Gasteiger partial charge >= 0.3 is 6.03 Å². The molecule has 3 aromatic carbocycles. The van der Waals surface area contributed by atoms with Gasteiger partial charge < -0.3 is 10.1 Å². The Morgan fingerprint density at radius 3 is 2.10 bits per heavy atom. The summed E-state index contributed by atoms with van der Waals surface area (Å²) >= 11 is 0. The summed E-state index contributed by atoms with van der Waals surface area (Å²) in [5.41, 5.74) is 2.40. The van der Waals surface area contributed by atoms with Crippen molar-refractivity contribution >= 4 is 27.4 Å². The predicted octanol–water partition coefficient (Wildman–Crippen LogP) is 5.97. The molecule has 1 aliphatic carbocycles. The van der Waals surface area contributed by atoms with Crippen LogP contribution in [-0.2, 0) is 16.6 Å². The van der Waals surface area contributed by atoms with Crippen molar-refractivity contribution in [1.29, 1.82) is 0 Å². The van der Waals surface area contributed by atoms with Crippen molar-refractivity contribution in [2.24, 2.45) is 5.92 Å². The number of ether oxygens (including phenoxy) is 1. The van der Waals surface area contributed by atoms with Gasteiger partial charge in [0.2, 0.25) is 10.0 Å². The van der Waals surface area contributed by atoms with E-state index in [1.165, 1.54) is 24.1 Å². The van der Waals surface area contributed by atoms with E-state index in [1.54, 1.807) is 41.3 Å². The van der Waals surface area contributed by atoms with Gasteiger partial charge in [-0.2, -0.15) is 0 Å². The molecule has 2 N–H and O–H groups in total. The summed E-state index contributed by atoms with van der Waals surface area (Å²) in [5.74, 6) is 1.52. The molecule has 41 heavy (non-hydrogen) atoms. The van der Waals surface area contributed by atoms with Crippen LogP contribution >= 0.6 is 0 Å². The predicted molar refractivity (Wildman–Crippen MR) is 159 cm³/mol. The van der Waals surface area contributed by atoms with E-state index in [0.717, 1.165) is 57.3 Å². The molecule has 8 nitrogen and oxygen atoms in total. The van der Waals surface area contributed by atoms with E-state index < -0.39 is 10.0 Å². The van der Waals surface area contributed by atoms with Crippen LogP contribution < -0.4 is 19.7 Å². The number of halogens is 1. The number of likely N-dealkylation sites (tertiary alicyclic amines) is 1. The highest BCUT2D eigenvalue weighted by molar-refractivity contribution is 7.92. The Morgan fingerprint density at radius 1 is 0.927 bits per heavy atom. The van der Waals surface area contributed by atoms with Crippen LogP contribution in [0.4, 0.5) is 20.6 Å². The third kappa shape index (κ3) is 8.43. The van der Waals surface area contributed by atoms with Gasteiger partial charge in [0.05, 0.1) is 6.26 Å². The topological polar surface area (TPSA) is 91.0 Å². The van der Waals surface area contributed by atoms with Gasteiger partial charge in [0, 0.05) is 43.6 Å². The molecular weight excluding hydrogens is 543 g/mol. The zero-order valence-corrected chi connectivity index (χ0v) is 24.1. The number of carbonyl (C=O) groups excluding carboxylic acids is 1. The highest BCUT2D eigenvalue weighted by Crippen LogP contribution is 2.29. The van der Waals surface area contributed by atoms with Gasteiger partial charge in [0.15, 0.2) is 0 Å². The molecule has 1 saturated carbocycles. The minimum atomic E-state index is -3.32. The van der Waals surface area contributed by atoms with Gasteiger partial charge in [-0.15, -0.1) is 0 Å². The lowest BCUT2D eigenvalue weighted by Crippen LogP contribution is -2.50. The maximum atomic E-state index is 13.5. The maximum Gasteiger partial charge on any atom is 0.322 e. The van der Waals surface area contributed by atoms with E-state index in [2.05, 4.69) is 14.9 Å². The Kier molecular flexibility index (Phi) is 9.09. The van der Waals surface area contributed by atoms with E-state index in [4.69, 9.17) is 4.74 Å². The summed E-state index contributed by atoms with van der Waals surface area (Å²) in [5, 5.41) is 3.23. The highest BCUT2D eigenvalue weighted by Gasteiger charge is 2.27. The van der Waals surface area contributed by atoms with Gasteiger partial charge in [0.25, 0.3) is 0 Å². The zero-order chi connectivity index (χ0) is 28.8. The number of amides is 2. The number of rotatable bonds is 10. The molecule has 2 aliphatic rings. The molecule has 0 bridgehead atoms. The van der Waals surface area contributed by atoms with Crippen LogP contribution in [0.3, 0.4) is 0 Å². The number of nitrogens with zero attached hydrogens (tertiary/aromatic N) is 2. The Labute approximate surface area is 241 Å². The Balaban J connectivity index is 1.08. The van der Waals surface area contributed by atoms with Gasteiger partial charge in [0.1, 0.15) is 17.3 Å². The molecule has 5 rings (SSSR count). The van der Waals surface area contributed by atoms with Gasteiger partial charge in [-0.05, 0) is 97.8 Å². The number of carbonyl (C=O) groups is 1. The lowest BCUT2D eigenvalue weighted by atomic mass is 9.85. The Morgan fingerprint density at radius 2 is 1.54 bits per heavy atom. The van der Waals surface area contributed by atoms with Crippen molar-refractivity contribution in [2.75, 3.05) is 35.5 Å². The molecule has 3 aromatic rings. The maximum absolute atomic E-state index is 13.5. The Hall–Kier alpha value is -3.63. The SMILES string of the molecule is CS(=O)(=O)Nc1ccc(Oc2ccc(CN3CCC(NC(=O)N(CC4CCC4)c4ccc(F)cc4)CC3)cc2)cc1. The molecule has 1 aliphatic heterocycles. The number of hydrogen-bond acceptors (Lipinski definition) is 5. The normalized spacial score (nSPS) is 16.5. The van der Waals surface area contributed by atoms with Crippen LogP contribution in [0, 0.1) is 11.7 Å². The molecule has 1 heterocycles. The number of urea groups is 1. The quantitative estimate of drug-likeness (QED) is 0.308. The summed E-state index contributed by atoms with van der Waals surface area (Å²) in [6.07, 6.45) is 6.33. The minimum absolute atomic E-state index is 0.0983. The van der Waals surface area contributed by atoms with Crippen molar-refractivity contribution in [2.45, 2.75) is 44.7 Å². The molecule has 0 spiro atoms. The first-order chi connectivity index (χ1) is 19.7. The number of benzene rings is 3. The number of sulfonamides is 1. The van der Waals surface area contributed by atoms with Crippen molar-refractivity contribution < 1.29 is 22.3 Å². The summed E-state index contributed by atoms with van der Waals surface area (Å²) in [4.78, 5) is 17.4. The molecule has 2 amide bonds. The Bertz CT molecular complexity index is 1400. The number of anilines is 2. The summed E-state index contributed by atoms with van der Waals surface area (Å²) < 4.78 is 44.5. The highest BCUT2D eigenvalue weighted by atomic mass is 32.2.